The van der Waals surface area contributed by atoms with E-state index in [1.54, 1.807) is 6.92 Å². The second-order valence-electron chi connectivity index (χ2n) is 3.27. The first kappa shape index (κ1) is 13.1. The first-order valence-corrected chi connectivity index (χ1v) is 5.67. The van der Waals surface area contributed by atoms with Crippen LogP contribution in [0.1, 0.15) is 12.5 Å². The Morgan fingerprint density at radius 1 is 1.56 bits per heavy atom. The van der Waals surface area contributed by atoms with Gasteiger partial charge in [-0.2, -0.15) is 0 Å². The number of hydrogen-bond donors (Lipinski definition) is 1. The standard InChI is InChI=1S/C11H13BrFNO2/c1-3-16-6-11(15)14-10-5-8(12)9(13)4-7(10)2/h4-5H,3,6H2,1-2H3,(H,14,15). The second kappa shape index (κ2) is 5.96. The van der Waals surface area contributed by atoms with Gasteiger partial charge in [-0.25, -0.2) is 4.39 Å². The number of anilines is 1. The van der Waals surface area contributed by atoms with Gasteiger partial charge in [-0.1, -0.05) is 0 Å². The Morgan fingerprint density at radius 2 is 2.25 bits per heavy atom. The van der Waals surface area contributed by atoms with Gasteiger partial charge in [0.05, 0.1) is 4.47 Å². The Hall–Kier alpha value is -0.940. The third-order valence-corrected chi connectivity index (χ3v) is 2.59. The van der Waals surface area contributed by atoms with E-state index >= 15 is 0 Å². The van der Waals surface area contributed by atoms with Gasteiger partial charge in [0.2, 0.25) is 5.91 Å². The van der Waals surface area contributed by atoms with Crippen LogP contribution in [0.4, 0.5) is 10.1 Å². The summed E-state index contributed by atoms with van der Waals surface area (Å²) in [6.07, 6.45) is 0. The van der Waals surface area contributed by atoms with E-state index in [4.69, 9.17) is 4.74 Å². The number of amides is 1. The summed E-state index contributed by atoms with van der Waals surface area (Å²) in [5, 5.41) is 2.65. The minimum Gasteiger partial charge on any atom is -0.372 e. The predicted octanol–water partition coefficient (Wildman–Crippen LogP) is 2.87. The molecule has 0 bridgehead atoms. The molecule has 1 amide bonds. The molecule has 0 atom stereocenters. The van der Waals surface area contributed by atoms with E-state index in [0.29, 0.717) is 22.3 Å². The van der Waals surface area contributed by atoms with Crippen molar-refractivity contribution in [2.75, 3.05) is 18.5 Å². The summed E-state index contributed by atoms with van der Waals surface area (Å²) in [6.45, 7) is 4.03. The first-order valence-electron chi connectivity index (χ1n) is 4.87. The number of carbonyl (C=O) groups is 1. The van der Waals surface area contributed by atoms with Gasteiger partial charge in [0.1, 0.15) is 12.4 Å². The first-order chi connectivity index (χ1) is 7.54. The number of halogens is 2. The fourth-order valence-corrected chi connectivity index (χ4v) is 1.51. The van der Waals surface area contributed by atoms with E-state index in [0.717, 1.165) is 0 Å². The molecule has 1 rings (SSSR count). The highest BCUT2D eigenvalue weighted by Gasteiger charge is 2.08. The van der Waals surface area contributed by atoms with Crippen molar-refractivity contribution < 1.29 is 13.9 Å². The Labute approximate surface area is 102 Å². The van der Waals surface area contributed by atoms with Gasteiger partial charge >= 0.3 is 0 Å². The molecular weight excluding hydrogens is 277 g/mol. The van der Waals surface area contributed by atoms with E-state index in [1.807, 2.05) is 6.92 Å². The summed E-state index contributed by atoms with van der Waals surface area (Å²) in [6, 6.07) is 2.90. The lowest BCUT2D eigenvalue weighted by Gasteiger charge is -2.09. The SMILES string of the molecule is CCOCC(=O)Nc1cc(Br)c(F)cc1C. The maximum absolute atomic E-state index is 13.1. The number of aryl methyl sites for hydroxylation is 1. The average molecular weight is 290 g/mol. The molecule has 0 aromatic heterocycles. The Bertz CT molecular complexity index is 396. The number of carbonyl (C=O) groups excluding carboxylic acids is 1. The van der Waals surface area contributed by atoms with Gasteiger partial charge in [0, 0.05) is 12.3 Å². The Morgan fingerprint density at radius 3 is 2.88 bits per heavy atom. The predicted molar refractivity (Wildman–Crippen MR) is 64.0 cm³/mol. The van der Waals surface area contributed by atoms with Gasteiger partial charge in [-0.3, -0.25) is 4.79 Å². The van der Waals surface area contributed by atoms with Gasteiger partial charge in [0.25, 0.3) is 0 Å². The lowest BCUT2D eigenvalue weighted by molar-refractivity contribution is -0.120. The zero-order chi connectivity index (χ0) is 12.1. The largest absolute Gasteiger partial charge is 0.372 e. The molecule has 0 aliphatic carbocycles. The third-order valence-electron chi connectivity index (χ3n) is 1.98. The molecule has 0 aliphatic heterocycles. The average Bonchev–Trinajstić information content (AvgIpc) is 2.23. The molecule has 16 heavy (non-hydrogen) atoms. The van der Waals surface area contributed by atoms with Crippen molar-refractivity contribution in [3.05, 3.63) is 28.0 Å². The summed E-state index contributed by atoms with van der Waals surface area (Å²) >= 11 is 3.07. The van der Waals surface area contributed by atoms with E-state index < -0.39 is 0 Å². The summed E-state index contributed by atoms with van der Waals surface area (Å²) in [5.74, 6) is -0.594. The molecular formula is C11H13BrFNO2. The fraction of sp³-hybridized carbons (Fsp3) is 0.364. The molecule has 0 saturated carbocycles. The van der Waals surface area contributed by atoms with Gasteiger partial charge in [-0.15, -0.1) is 0 Å². The molecule has 1 aromatic rings. The Balaban J connectivity index is 2.73. The zero-order valence-corrected chi connectivity index (χ0v) is 10.7. The molecule has 0 spiro atoms. The van der Waals surface area contributed by atoms with Crippen molar-refractivity contribution in [1.82, 2.24) is 0 Å². The smallest absolute Gasteiger partial charge is 0.250 e. The molecule has 5 heteroatoms. The lowest BCUT2D eigenvalue weighted by Crippen LogP contribution is -2.18. The molecule has 0 fully saturated rings. The molecule has 1 N–H and O–H groups in total. The summed E-state index contributed by atoms with van der Waals surface area (Å²) < 4.78 is 18.4. The zero-order valence-electron chi connectivity index (χ0n) is 9.14. The molecule has 0 radical (unpaired) electrons. The van der Waals surface area contributed by atoms with Crippen LogP contribution < -0.4 is 5.32 Å². The van der Waals surface area contributed by atoms with Crippen LogP contribution in [0.25, 0.3) is 0 Å². The maximum Gasteiger partial charge on any atom is 0.250 e. The number of benzene rings is 1. The van der Waals surface area contributed by atoms with Gasteiger partial charge < -0.3 is 10.1 Å². The van der Waals surface area contributed by atoms with Gasteiger partial charge in [0.15, 0.2) is 0 Å². The number of hydrogen-bond acceptors (Lipinski definition) is 2. The lowest BCUT2D eigenvalue weighted by atomic mass is 10.2. The van der Waals surface area contributed by atoms with Crippen LogP contribution in [0.3, 0.4) is 0 Å². The molecule has 3 nitrogen and oxygen atoms in total. The van der Waals surface area contributed by atoms with E-state index in [1.165, 1.54) is 12.1 Å². The van der Waals surface area contributed by atoms with Crippen molar-refractivity contribution in [2.45, 2.75) is 13.8 Å². The van der Waals surface area contributed by atoms with Crippen LogP contribution in [0, 0.1) is 12.7 Å². The van der Waals surface area contributed by atoms with E-state index in [-0.39, 0.29) is 18.3 Å². The minimum absolute atomic E-state index is 0.00490. The van der Waals surface area contributed by atoms with Crippen LogP contribution in [0.15, 0.2) is 16.6 Å². The molecule has 1 aromatic carbocycles. The normalized spacial score (nSPS) is 10.2. The quantitative estimate of drug-likeness (QED) is 0.926. The van der Waals surface area contributed by atoms with Crippen molar-refractivity contribution in [3.63, 3.8) is 0 Å². The third kappa shape index (κ3) is 3.57. The van der Waals surface area contributed by atoms with Gasteiger partial charge in [-0.05, 0) is 47.5 Å². The highest BCUT2D eigenvalue weighted by atomic mass is 79.9. The van der Waals surface area contributed by atoms with Crippen LogP contribution in [0.5, 0.6) is 0 Å². The van der Waals surface area contributed by atoms with Crippen molar-refractivity contribution in [1.29, 1.82) is 0 Å². The number of nitrogens with one attached hydrogen (secondary N) is 1. The molecule has 0 unspecified atom stereocenters. The van der Waals surface area contributed by atoms with Crippen molar-refractivity contribution in [3.8, 4) is 0 Å². The highest BCUT2D eigenvalue weighted by Crippen LogP contribution is 2.24. The van der Waals surface area contributed by atoms with E-state index in [9.17, 15) is 9.18 Å². The Kier molecular flexibility index (Phi) is 4.89. The van der Waals surface area contributed by atoms with Crippen molar-refractivity contribution >= 4 is 27.5 Å². The van der Waals surface area contributed by atoms with Crippen LogP contribution in [-0.4, -0.2) is 19.1 Å². The summed E-state index contributed by atoms with van der Waals surface area (Å²) in [7, 11) is 0. The second-order valence-corrected chi connectivity index (χ2v) is 4.12. The number of ether oxygens (including phenoxy) is 1. The summed E-state index contributed by atoms with van der Waals surface area (Å²) in [4.78, 5) is 11.4. The summed E-state index contributed by atoms with van der Waals surface area (Å²) in [5.41, 5.74) is 1.25. The molecule has 88 valence electrons. The van der Waals surface area contributed by atoms with E-state index in [2.05, 4.69) is 21.2 Å². The van der Waals surface area contributed by atoms with Crippen LogP contribution in [-0.2, 0) is 9.53 Å². The van der Waals surface area contributed by atoms with Crippen LogP contribution in [0.2, 0.25) is 0 Å². The van der Waals surface area contributed by atoms with Crippen LogP contribution >= 0.6 is 15.9 Å². The number of rotatable bonds is 4. The molecule has 0 saturated heterocycles. The molecule has 0 aliphatic rings. The monoisotopic (exact) mass is 289 g/mol. The van der Waals surface area contributed by atoms with Crippen molar-refractivity contribution in [2.24, 2.45) is 0 Å². The fourth-order valence-electron chi connectivity index (χ4n) is 1.16. The topological polar surface area (TPSA) is 38.3 Å². The molecule has 0 heterocycles. The highest BCUT2D eigenvalue weighted by molar-refractivity contribution is 9.10. The minimum atomic E-state index is -0.347. The maximum atomic E-state index is 13.1.